The average molecular weight is 692 g/mol. The van der Waals surface area contributed by atoms with Gasteiger partial charge in [-0.05, 0) is 44.7 Å². The van der Waals surface area contributed by atoms with Gasteiger partial charge in [0.25, 0.3) is 0 Å². The number of benzene rings is 2. The molecule has 4 aromatic rings. The summed E-state index contributed by atoms with van der Waals surface area (Å²) in [5.41, 5.74) is 6.47. The number of nitrogens with zero attached hydrogens (tertiary/aromatic N) is 2. The number of furan rings is 1. The van der Waals surface area contributed by atoms with Crippen LogP contribution in [0.25, 0.3) is 33.3 Å². The Labute approximate surface area is 240 Å². The van der Waals surface area contributed by atoms with Gasteiger partial charge in [-0.2, -0.15) is 0 Å². The van der Waals surface area contributed by atoms with Crippen molar-refractivity contribution < 1.29 is 34.4 Å². The minimum atomic E-state index is 0. The van der Waals surface area contributed by atoms with Crippen molar-refractivity contribution in [3.05, 3.63) is 71.3 Å². The molecule has 0 bridgehead atoms. The predicted octanol–water partition coefficient (Wildman–Crippen LogP) is 8.64. The largest absolute Gasteiger partial charge is 0.512 e. The summed E-state index contributed by atoms with van der Waals surface area (Å²) in [6.45, 7) is 14.1. The van der Waals surface area contributed by atoms with E-state index in [1.807, 2.05) is 65.8 Å². The molecular formula is C32H39IrN2O3-. The van der Waals surface area contributed by atoms with Crippen LogP contribution in [0, 0.1) is 38.7 Å². The Balaban J connectivity index is 0.000000282. The van der Waals surface area contributed by atoms with Crippen molar-refractivity contribution >= 4 is 27.9 Å². The second-order valence-electron chi connectivity index (χ2n) is 9.65. The van der Waals surface area contributed by atoms with E-state index >= 15 is 0 Å². The minimum Gasteiger partial charge on any atom is -0.512 e. The first-order valence-electron chi connectivity index (χ1n) is 13.3. The Kier molecular flexibility index (Phi) is 11.9. The van der Waals surface area contributed by atoms with E-state index in [1.54, 1.807) is 0 Å². The van der Waals surface area contributed by atoms with Crippen LogP contribution in [0.4, 0.5) is 0 Å². The summed E-state index contributed by atoms with van der Waals surface area (Å²) in [6.07, 6.45) is 4.91. The van der Waals surface area contributed by atoms with Crippen molar-refractivity contribution in [2.24, 2.45) is 11.8 Å². The summed E-state index contributed by atoms with van der Waals surface area (Å²) in [4.78, 5) is 20.9. The van der Waals surface area contributed by atoms with E-state index in [0.29, 0.717) is 0 Å². The number of fused-ring (bicyclic) bond motifs is 3. The number of rotatable bonds is 8. The zero-order chi connectivity index (χ0) is 27.1. The van der Waals surface area contributed by atoms with Gasteiger partial charge in [0.2, 0.25) is 0 Å². The molecule has 2 aromatic carbocycles. The molecule has 0 fully saturated rings. The number of para-hydroxylation sites is 1. The van der Waals surface area contributed by atoms with Crippen LogP contribution in [0.2, 0.25) is 0 Å². The first kappa shape index (κ1) is 31.4. The first-order chi connectivity index (χ1) is 17.7. The number of aromatic nitrogens is 2. The quantitative estimate of drug-likeness (QED) is 0.114. The molecule has 0 saturated heterocycles. The fourth-order valence-corrected chi connectivity index (χ4v) is 4.69. The fraction of sp³-hybridized carbons (Fsp3) is 0.406. The summed E-state index contributed by atoms with van der Waals surface area (Å²) >= 11 is 0. The van der Waals surface area contributed by atoms with E-state index in [0.717, 1.165) is 70.4 Å². The third-order valence-electron chi connectivity index (χ3n) is 6.82. The van der Waals surface area contributed by atoms with Crippen molar-refractivity contribution in [3.63, 3.8) is 0 Å². The third-order valence-corrected chi connectivity index (χ3v) is 6.82. The van der Waals surface area contributed by atoms with Crippen LogP contribution in [0.3, 0.4) is 0 Å². The monoisotopic (exact) mass is 692 g/mol. The third kappa shape index (κ3) is 7.39. The molecule has 1 N–H and O–H groups in total. The minimum absolute atomic E-state index is 0. The van der Waals surface area contributed by atoms with Crippen molar-refractivity contribution in [3.8, 4) is 11.3 Å². The zero-order valence-corrected chi connectivity index (χ0v) is 25.9. The van der Waals surface area contributed by atoms with Crippen LogP contribution < -0.4 is 0 Å². The number of carbonyl (C=O) groups excluding carboxylic acids is 1. The molecule has 0 aliphatic rings. The molecular weight excluding hydrogens is 653 g/mol. The van der Waals surface area contributed by atoms with E-state index in [2.05, 4.69) is 35.1 Å². The SMILES string of the molecule is CCC(CC)C(=O)/C=C(\O)C(CC)CC.Cc1[c-]c(-c2nc(C)nc3c2oc2ccccc23)cc(C)c1.[Ir]. The summed E-state index contributed by atoms with van der Waals surface area (Å²) in [7, 11) is 0. The van der Waals surface area contributed by atoms with Gasteiger partial charge in [0.15, 0.2) is 5.78 Å². The molecule has 0 saturated carbocycles. The molecule has 0 aliphatic heterocycles. The Morgan fingerprint density at radius 2 is 1.61 bits per heavy atom. The number of ketones is 1. The maximum absolute atomic E-state index is 11.7. The molecule has 5 nitrogen and oxygen atoms in total. The van der Waals surface area contributed by atoms with Crippen LogP contribution in [0.1, 0.15) is 70.3 Å². The van der Waals surface area contributed by atoms with Gasteiger partial charge in [-0.15, -0.1) is 34.9 Å². The van der Waals surface area contributed by atoms with E-state index in [4.69, 9.17) is 4.42 Å². The van der Waals surface area contributed by atoms with Crippen molar-refractivity contribution in [1.82, 2.24) is 9.97 Å². The molecule has 1 radical (unpaired) electrons. The molecule has 0 spiro atoms. The Morgan fingerprint density at radius 1 is 0.974 bits per heavy atom. The van der Waals surface area contributed by atoms with E-state index in [1.165, 1.54) is 11.6 Å². The van der Waals surface area contributed by atoms with Crippen molar-refractivity contribution in [1.29, 1.82) is 0 Å². The maximum Gasteiger partial charge on any atom is 0.162 e. The first-order valence-corrected chi connectivity index (χ1v) is 13.3. The Bertz CT molecular complexity index is 1380. The Morgan fingerprint density at radius 3 is 2.21 bits per heavy atom. The number of aliphatic hydroxyl groups is 1. The standard InChI is InChI=1S/C19H15N2O.C13H24O2.Ir/c1-11-8-12(2)10-14(9-11)17-19-18(21-13(3)20-17)15-6-4-5-7-16(15)22-19;1-5-10(6-2)12(14)9-13(15)11(7-3)8-4;/h4-9H,1-3H3;9-11,14H,5-8H2,1-4H3;/q-1;;/b;12-9-;. The maximum atomic E-state index is 11.7. The fourth-order valence-electron chi connectivity index (χ4n) is 4.69. The van der Waals surface area contributed by atoms with E-state index in [9.17, 15) is 9.90 Å². The second kappa shape index (κ2) is 14.4. The summed E-state index contributed by atoms with van der Waals surface area (Å²) in [6, 6.07) is 15.5. The van der Waals surface area contributed by atoms with Gasteiger partial charge in [-0.25, -0.2) is 4.98 Å². The second-order valence-corrected chi connectivity index (χ2v) is 9.65. The van der Waals surface area contributed by atoms with Crippen molar-refractivity contribution in [2.45, 2.75) is 74.1 Å². The van der Waals surface area contributed by atoms with Gasteiger partial charge in [0.1, 0.15) is 22.5 Å². The van der Waals surface area contributed by atoms with Crippen LogP contribution in [-0.4, -0.2) is 20.9 Å². The zero-order valence-electron chi connectivity index (χ0n) is 23.5. The molecule has 0 unspecified atom stereocenters. The van der Waals surface area contributed by atoms with Crippen molar-refractivity contribution in [2.75, 3.05) is 0 Å². The molecule has 0 amide bonds. The van der Waals surface area contributed by atoms with Gasteiger partial charge < -0.3 is 9.52 Å². The summed E-state index contributed by atoms with van der Waals surface area (Å²) in [5, 5.41) is 10.8. The molecule has 205 valence electrons. The van der Waals surface area contributed by atoms with Crippen LogP contribution >= 0.6 is 0 Å². The molecule has 6 heteroatoms. The predicted molar refractivity (Wildman–Crippen MR) is 152 cm³/mol. The number of aliphatic hydroxyl groups excluding tert-OH is 1. The van der Waals surface area contributed by atoms with Gasteiger partial charge >= 0.3 is 0 Å². The topological polar surface area (TPSA) is 76.2 Å². The normalized spacial score (nSPS) is 11.6. The number of aryl methyl sites for hydroxylation is 3. The number of hydrogen-bond donors (Lipinski definition) is 1. The Hall–Kier alpha value is -2.82. The molecule has 4 rings (SSSR count). The number of allylic oxidation sites excluding steroid dienone is 2. The average Bonchev–Trinajstić information content (AvgIpc) is 3.23. The molecule has 38 heavy (non-hydrogen) atoms. The number of hydrogen-bond acceptors (Lipinski definition) is 5. The van der Waals surface area contributed by atoms with Crippen LogP contribution in [-0.2, 0) is 24.9 Å². The number of carbonyl (C=O) groups is 1. The van der Waals surface area contributed by atoms with Gasteiger partial charge in [0, 0.05) is 49.1 Å². The molecule has 0 atom stereocenters. The smallest absolute Gasteiger partial charge is 0.162 e. The van der Waals surface area contributed by atoms with Gasteiger partial charge in [0.05, 0.1) is 5.76 Å². The summed E-state index contributed by atoms with van der Waals surface area (Å²) in [5.74, 6) is 1.28. The van der Waals surface area contributed by atoms with Gasteiger partial charge in [-0.3, -0.25) is 9.78 Å². The molecule has 2 aromatic heterocycles. The van der Waals surface area contributed by atoms with Crippen LogP contribution in [0.5, 0.6) is 0 Å². The van der Waals surface area contributed by atoms with Gasteiger partial charge in [-0.1, -0.05) is 53.7 Å². The molecule has 0 aliphatic carbocycles. The van der Waals surface area contributed by atoms with Crippen LogP contribution in [0.15, 0.2) is 52.7 Å². The van der Waals surface area contributed by atoms with E-state index < -0.39 is 0 Å². The summed E-state index contributed by atoms with van der Waals surface area (Å²) < 4.78 is 6.03. The molecule has 2 heterocycles. The van der Waals surface area contributed by atoms with E-state index in [-0.39, 0.29) is 43.5 Å².